The van der Waals surface area contributed by atoms with Gasteiger partial charge in [-0.2, -0.15) is 0 Å². The van der Waals surface area contributed by atoms with Crippen LogP contribution in [-0.4, -0.2) is 22.0 Å². The summed E-state index contributed by atoms with van der Waals surface area (Å²) in [4.78, 5) is 8.54. The maximum Gasteiger partial charge on any atom is 0.382 e. The number of hydrogen-bond donors (Lipinski definition) is 1. The molecule has 0 saturated carbocycles. The summed E-state index contributed by atoms with van der Waals surface area (Å²) in [6.07, 6.45) is -1.27. The van der Waals surface area contributed by atoms with E-state index < -0.39 is 44.1 Å². The zero-order valence-electron chi connectivity index (χ0n) is 14.6. The fourth-order valence-electron chi connectivity index (χ4n) is 2.91. The van der Waals surface area contributed by atoms with Crippen molar-refractivity contribution in [3.63, 3.8) is 0 Å². The zero-order valence-corrected chi connectivity index (χ0v) is 16.4. The second-order valence-electron chi connectivity index (χ2n) is 6.49. The molecule has 0 amide bonds. The lowest BCUT2D eigenvalue weighted by Crippen LogP contribution is -2.42. The Labute approximate surface area is 132 Å². The first-order valence-electron chi connectivity index (χ1n) is 7.38. The minimum atomic E-state index is -4.59. The summed E-state index contributed by atoms with van der Waals surface area (Å²) in [5.41, 5.74) is 0. The van der Waals surface area contributed by atoms with E-state index in [1.54, 1.807) is 55.4 Å². The molecule has 0 radical (unpaired) electrons. The fourth-order valence-corrected chi connectivity index (χ4v) is 8.70. The average Bonchev–Trinajstić information content (AvgIpc) is 2.24. The van der Waals surface area contributed by atoms with Gasteiger partial charge in [-0.05, 0) is 44.1 Å². The summed E-state index contributed by atoms with van der Waals surface area (Å²) in [5.74, 6) is -1.38. The Hall–Kier alpha value is 0.230. The van der Waals surface area contributed by atoms with Crippen LogP contribution in [0.25, 0.3) is 0 Å². The van der Waals surface area contributed by atoms with Crippen LogP contribution in [0.15, 0.2) is 0 Å². The molecule has 0 fully saturated rings. The van der Waals surface area contributed by atoms with E-state index in [0.29, 0.717) is 0 Å². The molecular weight excluding hydrogens is 333 g/mol. The first kappa shape index (κ1) is 22.2. The van der Waals surface area contributed by atoms with Gasteiger partial charge in [0.25, 0.3) is 0 Å². The molecule has 2 atom stereocenters. The molecular formula is C13H29FO6P2. The van der Waals surface area contributed by atoms with Crippen molar-refractivity contribution >= 4 is 15.2 Å². The van der Waals surface area contributed by atoms with Gasteiger partial charge < -0.3 is 13.9 Å². The van der Waals surface area contributed by atoms with Crippen LogP contribution in [0.3, 0.4) is 0 Å². The summed E-state index contributed by atoms with van der Waals surface area (Å²) in [5, 5.41) is 0. The highest BCUT2D eigenvalue weighted by atomic mass is 31.2. The van der Waals surface area contributed by atoms with Crippen molar-refractivity contribution in [2.45, 2.75) is 72.5 Å². The first-order chi connectivity index (χ1) is 9.78. The van der Waals surface area contributed by atoms with Crippen molar-refractivity contribution in [2.75, 3.05) is 0 Å². The predicted molar refractivity (Wildman–Crippen MR) is 84.5 cm³/mol. The smallest absolute Gasteiger partial charge is 0.323 e. The molecule has 0 saturated heterocycles. The molecule has 0 heterocycles. The summed E-state index contributed by atoms with van der Waals surface area (Å²) in [7, 11) is -9.14. The molecule has 0 aliphatic carbocycles. The molecule has 134 valence electrons. The van der Waals surface area contributed by atoms with Gasteiger partial charge in [0, 0.05) is 0 Å². The Balaban J connectivity index is 6.46. The predicted octanol–water partition coefficient (Wildman–Crippen LogP) is 5.12. The van der Waals surface area contributed by atoms with Gasteiger partial charge in [-0.3, -0.25) is 9.13 Å². The van der Waals surface area contributed by atoms with Crippen LogP contribution < -0.4 is 0 Å². The Bertz CT molecular complexity index is 442. The summed E-state index contributed by atoms with van der Waals surface area (Å²) in [6.45, 7) is 12.5. The molecule has 0 aromatic rings. The maximum atomic E-state index is 13.3. The van der Waals surface area contributed by atoms with E-state index in [4.69, 9.17) is 9.05 Å². The van der Waals surface area contributed by atoms with Crippen LogP contribution in [0.4, 0.5) is 4.53 Å². The van der Waals surface area contributed by atoms with E-state index in [9.17, 15) is 18.5 Å². The van der Waals surface area contributed by atoms with Crippen LogP contribution >= 0.6 is 15.2 Å². The van der Waals surface area contributed by atoms with Crippen molar-refractivity contribution in [2.24, 2.45) is 11.8 Å². The van der Waals surface area contributed by atoms with Gasteiger partial charge in [0.05, 0.1) is 12.2 Å². The standard InChI is InChI=1S/C13H29FO6P2/c1-9(2)13(10(3)4,21(15,16)18-11(5)6)22(17,20-14)19-12(7)8/h9-12H,1-8H3,(H,15,16). The lowest BCUT2D eigenvalue weighted by molar-refractivity contribution is -0.0407. The summed E-state index contributed by atoms with van der Waals surface area (Å²) >= 11 is 0. The van der Waals surface area contributed by atoms with Gasteiger partial charge in [-0.1, -0.05) is 27.7 Å². The van der Waals surface area contributed by atoms with Crippen molar-refractivity contribution in [3.8, 4) is 0 Å². The minimum Gasteiger partial charge on any atom is -0.323 e. The number of hydrogen-bond acceptors (Lipinski definition) is 5. The second kappa shape index (κ2) is 7.87. The van der Waals surface area contributed by atoms with E-state index in [1.165, 1.54) is 0 Å². The number of halogens is 1. The molecule has 0 rings (SSSR count). The third kappa shape index (κ3) is 4.00. The lowest BCUT2D eigenvalue weighted by atomic mass is 9.99. The molecule has 0 aliphatic rings. The Morgan fingerprint density at radius 1 is 0.864 bits per heavy atom. The van der Waals surface area contributed by atoms with Crippen molar-refractivity contribution in [3.05, 3.63) is 0 Å². The molecule has 22 heavy (non-hydrogen) atoms. The first-order valence-corrected chi connectivity index (χ1v) is 10.5. The zero-order chi connectivity index (χ0) is 17.9. The largest absolute Gasteiger partial charge is 0.382 e. The normalized spacial score (nSPS) is 19.0. The summed E-state index contributed by atoms with van der Waals surface area (Å²) in [6, 6.07) is 0. The molecule has 2 unspecified atom stereocenters. The minimum absolute atomic E-state index is 0.611. The third-order valence-electron chi connectivity index (χ3n) is 3.38. The molecule has 0 spiro atoms. The van der Waals surface area contributed by atoms with Gasteiger partial charge in [-0.25, -0.2) is 0 Å². The van der Waals surface area contributed by atoms with E-state index in [2.05, 4.69) is 4.73 Å². The fraction of sp³-hybridized carbons (Fsp3) is 1.00. The van der Waals surface area contributed by atoms with Crippen LogP contribution in [0.1, 0.15) is 55.4 Å². The van der Waals surface area contributed by atoms with Gasteiger partial charge in [0.15, 0.2) is 4.90 Å². The molecule has 1 N–H and O–H groups in total. The van der Waals surface area contributed by atoms with Crippen molar-refractivity contribution < 1.29 is 32.3 Å². The average molecular weight is 362 g/mol. The van der Waals surface area contributed by atoms with Gasteiger partial charge in [-0.15, -0.1) is 4.73 Å². The Morgan fingerprint density at radius 2 is 1.23 bits per heavy atom. The van der Waals surface area contributed by atoms with Crippen molar-refractivity contribution in [1.82, 2.24) is 0 Å². The second-order valence-corrected chi connectivity index (χ2v) is 10.9. The van der Waals surface area contributed by atoms with E-state index in [0.717, 1.165) is 0 Å². The van der Waals surface area contributed by atoms with Crippen LogP contribution in [0.2, 0.25) is 0 Å². The molecule has 0 bridgehead atoms. The van der Waals surface area contributed by atoms with E-state index >= 15 is 0 Å². The Kier molecular flexibility index (Phi) is 7.95. The topological polar surface area (TPSA) is 82.1 Å². The van der Waals surface area contributed by atoms with E-state index in [-0.39, 0.29) is 0 Å². The molecule has 0 aromatic carbocycles. The Morgan fingerprint density at radius 3 is 1.45 bits per heavy atom. The van der Waals surface area contributed by atoms with Crippen LogP contribution in [0, 0.1) is 11.8 Å². The lowest BCUT2D eigenvalue weighted by Gasteiger charge is -2.45. The van der Waals surface area contributed by atoms with Crippen LogP contribution in [-0.2, 0) is 22.9 Å². The van der Waals surface area contributed by atoms with Gasteiger partial charge in [0.1, 0.15) is 0 Å². The maximum absolute atomic E-state index is 13.3. The molecule has 6 nitrogen and oxygen atoms in total. The highest BCUT2D eigenvalue weighted by molar-refractivity contribution is 7.73. The monoisotopic (exact) mass is 362 g/mol. The molecule has 0 aliphatic heterocycles. The quantitative estimate of drug-likeness (QED) is 0.573. The highest BCUT2D eigenvalue weighted by Gasteiger charge is 2.68. The van der Waals surface area contributed by atoms with Gasteiger partial charge >= 0.3 is 15.2 Å². The molecule has 0 aromatic heterocycles. The van der Waals surface area contributed by atoms with Gasteiger partial charge in [0.2, 0.25) is 0 Å². The van der Waals surface area contributed by atoms with Crippen LogP contribution in [0.5, 0.6) is 0 Å². The van der Waals surface area contributed by atoms with Crippen molar-refractivity contribution in [1.29, 1.82) is 0 Å². The number of rotatable bonds is 9. The van der Waals surface area contributed by atoms with E-state index in [1.807, 2.05) is 0 Å². The molecule has 9 heteroatoms. The third-order valence-corrected chi connectivity index (χ3v) is 10.3. The highest BCUT2D eigenvalue weighted by Crippen LogP contribution is 2.81. The SMILES string of the molecule is CC(C)OP(=O)(O)C(C(C)C)(C(C)C)P(=O)(OF)OC(C)C. The summed E-state index contributed by atoms with van der Waals surface area (Å²) < 4.78 is 53.4.